The number of likely N-dealkylation sites (tertiary alicyclic amines) is 2. The molecule has 4 heterocycles. The Bertz CT molecular complexity index is 2450. The zero-order valence-corrected chi connectivity index (χ0v) is 36.7. The molecule has 6 atom stereocenters. The number of H-pyrrole nitrogens is 2. The first kappa shape index (κ1) is 42.5. The van der Waals surface area contributed by atoms with Gasteiger partial charge in [0.15, 0.2) is 0 Å². The second kappa shape index (κ2) is 17.3. The van der Waals surface area contributed by atoms with Crippen LogP contribution in [0, 0.1) is 17.3 Å². The van der Waals surface area contributed by atoms with Crippen molar-refractivity contribution in [3.63, 3.8) is 0 Å². The predicted octanol–water partition coefficient (Wildman–Crippen LogP) is 8.54. The van der Waals surface area contributed by atoms with Gasteiger partial charge in [-0.15, -0.1) is 0 Å². The van der Waals surface area contributed by atoms with Crippen LogP contribution in [-0.2, 0) is 19.1 Å². The lowest BCUT2D eigenvalue weighted by molar-refractivity contribution is -0.138. The molecule has 62 heavy (non-hydrogen) atoms. The zero-order chi connectivity index (χ0) is 43.9. The first-order valence-corrected chi connectivity index (χ1v) is 21.9. The summed E-state index contributed by atoms with van der Waals surface area (Å²) in [6.07, 6.45) is 7.68. The summed E-state index contributed by atoms with van der Waals surface area (Å²) in [6, 6.07) is 19.4. The molecule has 1 saturated carbocycles. The summed E-state index contributed by atoms with van der Waals surface area (Å²) < 4.78 is 9.61. The van der Waals surface area contributed by atoms with Crippen molar-refractivity contribution in [1.29, 1.82) is 0 Å². The van der Waals surface area contributed by atoms with Gasteiger partial charge in [0.1, 0.15) is 23.7 Å². The second-order valence-corrected chi connectivity index (χ2v) is 17.8. The van der Waals surface area contributed by atoms with Gasteiger partial charge in [0.2, 0.25) is 11.8 Å². The highest BCUT2D eigenvalue weighted by Gasteiger charge is 2.55. The monoisotopic (exact) mass is 842 g/mol. The van der Waals surface area contributed by atoms with Crippen LogP contribution in [0.1, 0.15) is 96.9 Å². The maximum absolute atomic E-state index is 14.0. The molecule has 1 spiro atoms. The number of benzene rings is 3. The number of ether oxygens (including phenoxy) is 2. The Balaban J connectivity index is 0.970. The van der Waals surface area contributed by atoms with E-state index in [9.17, 15) is 19.2 Å². The Kier molecular flexibility index (Phi) is 11.9. The zero-order valence-electron chi connectivity index (χ0n) is 36.7. The fourth-order valence-corrected chi connectivity index (χ4v) is 9.67. The molecule has 4 amide bonds. The van der Waals surface area contributed by atoms with Gasteiger partial charge in [-0.3, -0.25) is 9.59 Å². The summed E-state index contributed by atoms with van der Waals surface area (Å²) in [5.41, 5.74) is 6.05. The molecule has 14 heteroatoms. The van der Waals surface area contributed by atoms with E-state index in [1.807, 2.05) is 43.0 Å². The molecule has 8 rings (SSSR count). The molecule has 0 radical (unpaired) electrons. The van der Waals surface area contributed by atoms with Gasteiger partial charge < -0.3 is 39.9 Å². The third-order valence-corrected chi connectivity index (χ3v) is 13.4. The van der Waals surface area contributed by atoms with Crippen LogP contribution in [0.25, 0.3) is 44.4 Å². The summed E-state index contributed by atoms with van der Waals surface area (Å²) in [7, 11) is 2.60. The van der Waals surface area contributed by atoms with Gasteiger partial charge >= 0.3 is 12.2 Å². The van der Waals surface area contributed by atoms with Gasteiger partial charge in [0.05, 0.1) is 50.1 Å². The molecular formula is C48H58N8O6. The van der Waals surface area contributed by atoms with Crippen LogP contribution >= 0.6 is 0 Å². The normalized spacial score (nSPS) is 21.3. The minimum absolute atomic E-state index is 0.0157. The summed E-state index contributed by atoms with van der Waals surface area (Å²) >= 11 is 0. The molecule has 14 nitrogen and oxygen atoms in total. The first-order chi connectivity index (χ1) is 29.8. The topological polar surface area (TPSA) is 175 Å². The van der Waals surface area contributed by atoms with Crippen LogP contribution in [0.4, 0.5) is 9.59 Å². The molecule has 3 aromatic carbocycles. The smallest absolute Gasteiger partial charge is 0.407 e. The average Bonchev–Trinajstić information content (AvgIpc) is 3.72. The maximum Gasteiger partial charge on any atom is 0.407 e. The number of rotatable bonds is 12. The molecule has 2 aliphatic heterocycles. The summed E-state index contributed by atoms with van der Waals surface area (Å²) in [5.74, 6) is 1.36. The molecule has 0 bridgehead atoms. The minimum Gasteiger partial charge on any atom is -0.453 e. The van der Waals surface area contributed by atoms with Crippen molar-refractivity contribution in [2.45, 2.75) is 103 Å². The SMILES string of the molecule is CC[C@H]1C[C@@H](C)N(C(=O)[C@@H](NC(=O)OC)C(C)C)[C@@H]1c1ncc(-c2ccc(-c3ccc4cc(-c5cnc([C@@H]6CC7(CC7)CN6C(=O)[C@H](CC)NC(=O)OC)[nH]5)ccc4c3)cc2)[nH]1. The van der Waals surface area contributed by atoms with Gasteiger partial charge in [-0.05, 0) is 95.9 Å². The lowest BCUT2D eigenvalue weighted by atomic mass is 9.95. The van der Waals surface area contributed by atoms with Gasteiger partial charge in [-0.2, -0.15) is 0 Å². The highest BCUT2D eigenvalue weighted by atomic mass is 16.5. The number of nitrogens with zero attached hydrogens (tertiary/aromatic N) is 4. The van der Waals surface area contributed by atoms with Crippen LogP contribution in [0.5, 0.6) is 0 Å². The van der Waals surface area contributed by atoms with Crippen LogP contribution < -0.4 is 10.6 Å². The van der Waals surface area contributed by atoms with E-state index in [4.69, 9.17) is 19.4 Å². The van der Waals surface area contributed by atoms with Crippen molar-refractivity contribution in [1.82, 2.24) is 40.4 Å². The van der Waals surface area contributed by atoms with E-state index in [0.29, 0.717) is 13.0 Å². The largest absolute Gasteiger partial charge is 0.453 e. The maximum atomic E-state index is 14.0. The number of nitrogens with one attached hydrogen (secondary N) is 4. The van der Waals surface area contributed by atoms with Crippen molar-refractivity contribution >= 4 is 34.8 Å². The van der Waals surface area contributed by atoms with Gasteiger partial charge in [0.25, 0.3) is 0 Å². The van der Waals surface area contributed by atoms with Crippen molar-refractivity contribution in [3.8, 4) is 33.6 Å². The number of hydrogen-bond donors (Lipinski definition) is 4. The van der Waals surface area contributed by atoms with E-state index >= 15 is 0 Å². The number of imidazole rings is 2. The summed E-state index contributed by atoms with van der Waals surface area (Å²) in [6.45, 7) is 10.6. The highest BCUT2D eigenvalue weighted by Crippen LogP contribution is 2.58. The number of hydrogen-bond acceptors (Lipinski definition) is 8. The van der Waals surface area contributed by atoms with E-state index in [-0.39, 0.29) is 47.2 Å². The second-order valence-electron chi connectivity index (χ2n) is 17.8. The Hall–Kier alpha value is -6.18. The number of carbonyl (C=O) groups is 4. The molecule has 326 valence electrons. The van der Waals surface area contributed by atoms with E-state index < -0.39 is 24.3 Å². The molecule has 4 N–H and O–H groups in total. The molecule has 0 unspecified atom stereocenters. The van der Waals surface area contributed by atoms with E-state index in [1.165, 1.54) is 14.2 Å². The van der Waals surface area contributed by atoms with Crippen molar-refractivity contribution in [2.24, 2.45) is 17.3 Å². The van der Waals surface area contributed by atoms with Crippen LogP contribution in [-0.4, -0.2) is 92.6 Å². The Morgan fingerprint density at radius 3 is 2.00 bits per heavy atom. The Labute approximate surface area is 362 Å². The molecule has 3 fully saturated rings. The van der Waals surface area contributed by atoms with Crippen molar-refractivity contribution in [3.05, 3.63) is 84.7 Å². The molecule has 2 aromatic heterocycles. The third kappa shape index (κ3) is 8.26. The number of methoxy groups -OCH3 is 2. The Morgan fingerprint density at radius 1 is 0.790 bits per heavy atom. The minimum atomic E-state index is -0.714. The predicted molar refractivity (Wildman–Crippen MR) is 237 cm³/mol. The average molecular weight is 843 g/mol. The molecule has 5 aromatic rings. The van der Waals surface area contributed by atoms with Crippen molar-refractivity contribution < 1.29 is 28.7 Å². The molecular weight excluding hydrogens is 785 g/mol. The number of alkyl carbamates (subject to hydrolysis) is 2. The van der Waals surface area contributed by atoms with Gasteiger partial charge in [-0.1, -0.05) is 82.6 Å². The fraction of sp³-hybridized carbons (Fsp3) is 0.458. The molecule has 2 saturated heterocycles. The molecule has 1 aliphatic carbocycles. The number of amides is 4. The van der Waals surface area contributed by atoms with E-state index in [0.717, 1.165) is 88.2 Å². The number of aromatic amines is 2. The van der Waals surface area contributed by atoms with Crippen molar-refractivity contribution in [2.75, 3.05) is 20.8 Å². The first-order valence-electron chi connectivity index (χ1n) is 21.9. The highest BCUT2D eigenvalue weighted by molar-refractivity contribution is 5.91. The van der Waals surface area contributed by atoms with E-state index in [1.54, 1.807) is 0 Å². The summed E-state index contributed by atoms with van der Waals surface area (Å²) in [5, 5.41) is 7.66. The van der Waals surface area contributed by atoms with Crippen LogP contribution in [0.15, 0.2) is 73.1 Å². The van der Waals surface area contributed by atoms with Gasteiger partial charge in [0, 0.05) is 18.2 Å². The number of fused-ring (bicyclic) bond motifs is 1. The third-order valence-electron chi connectivity index (χ3n) is 13.4. The van der Waals surface area contributed by atoms with Crippen LogP contribution in [0.2, 0.25) is 0 Å². The standard InChI is InChI=1S/C48H58N8O6/c1-8-29-20-28(5)56(45(58)40(27(3)4)54-47(60)62-7)41(29)43-50-24-37(52-43)31-12-10-30(11-13-31)32-14-15-34-22-35(17-16-33(34)21-32)38-25-49-42(51-38)39-23-48(18-19-48)26-55(39)44(57)36(9-2)53-46(59)61-6/h10-17,21-22,24-25,27-29,36,39-41H,8-9,18-20,23,26H2,1-7H3,(H,49,51)(H,50,52)(H,53,59)(H,54,60)/t28-,29+,36+,39+,40+,41+/m1/s1. The lowest BCUT2D eigenvalue weighted by Crippen LogP contribution is -2.52. The lowest BCUT2D eigenvalue weighted by Gasteiger charge is -2.33. The van der Waals surface area contributed by atoms with Crippen LogP contribution in [0.3, 0.4) is 0 Å². The Morgan fingerprint density at radius 2 is 1.37 bits per heavy atom. The fourth-order valence-electron chi connectivity index (χ4n) is 9.67. The number of aromatic nitrogens is 4. The quantitative estimate of drug-likeness (QED) is 0.0967. The van der Waals surface area contributed by atoms with Gasteiger partial charge in [-0.25, -0.2) is 19.6 Å². The molecule has 3 aliphatic rings. The number of carbonyl (C=O) groups excluding carboxylic acids is 4. The summed E-state index contributed by atoms with van der Waals surface area (Å²) in [4.78, 5) is 72.4. The van der Waals surface area contributed by atoms with E-state index in [2.05, 4.69) is 95.1 Å².